The second-order valence-electron chi connectivity index (χ2n) is 7.09. The number of halogens is 1. The van der Waals surface area contributed by atoms with Gasteiger partial charge in [0.05, 0.1) is 5.69 Å². The average molecular weight is 407 g/mol. The minimum atomic E-state index is 0.599. The van der Waals surface area contributed by atoms with E-state index in [0.29, 0.717) is 11.0 Å². The van der Waals surface area contributed by atoms with E-state index >= 15 is 0 Å². The summed E-state index contributed by atoms with van der Waals surface area (Å²) in [6, 6.07) is 16.7. The molecule has 2 heterocycles. The molecule has 1 N–H and O–H groups in total. The van der Waals surface area contributed by atoms with Gasteiger partial charge in [0.15, 0.2) is 5.82 Å². The van der Waals surface area contributed by atoms with E-state index in [-0.39, 0.29) is 0 Å². The minimum absolute atomic E-state index is 0.599. The van der Waals surface area contributed by atoms with Crippen LogP contribution in [0.3, 0.4) is 0 Å². The maximum Gasteiger partial charge on any atom is 0.180 e. The number of unbranched alkanes of at least 4 members (excludes halogenated alkanes) is 1. The molecule has 0 unspecified atom stereocenters. The van der Waals surface area contributed by atoms with Crippen molar-refractivity contribution in [2.45, 2.75) is 39.7 Å². The Hall–Kier alpha value is -2.99. The highest BCUT2D eigenvalue weighted by Gasteiger charge is 2.13. The third-order valence-electron chi connectivity index (χ3n) is 5.13. The summed E-state index contributed by atoms with van der Waals surface area (Å²) in [5, 5.41) is 14.9. The first kappa shape index (κ1) is 19.3. The van der Waals surface area contributed by atoms with Gasteiger partial charge in [0.25, 0.3) is 0 Å². The smallest absolute Gasteiger partial charge is 0.180 e. The van der Waals surface area contributed by atoms with Gasteiger partial charge in [-0.15, -0.1) is 5.10 Å². The fourth-order valence-electron chi connectivity index (χ4n) is 3.48. The molecule has 0 aliphatic rings. The van der Waals surface area contributed by atoms with Crippen LogP contribution >= 0.6 is 11.6 Å². The molecule has 148 valence electrons. The van der Waals surface area contributed by atoms with Gasteiger partial charge in [0, 0.05) is 18.5 Å². The SMILES string of the molecule is CCCCc1nc(Cl)c(C)n1Cc1ccc(-c2ccccc2-c2nnn[nH]2)cc1. The van der Waals surface area contributed by atoms with E-state index in [4.69, 9.17) is 11.6 Å². The molecule has 0 bridgehead atoms. The molecule has 0 saturated heterocycles. The lowest BCUT2D eigenvalue weighted by Crippen LogP contribution is -2.07. The third-order valence-corrected chi connectivity index (χ3v) is 5.49. The molecule has 2 aromatic heterocycles. The van der Waals surface area contributed by atoms with Crippen LogP contribution in [-0.4, -0.2) is 30.2 Å². The summed E-state index contributed by atoms with van der Waals surface area (Å²) < 4.78 is 2.22. The van der Waals surface area contributed by atoms with Gasteiger partial charge in [-0.25, -0.2) is 10.1 Å². The number of tetrazole rings is 1. The number of aromatic nitrogens is 6. The molecular weight excluding hydrogens is 384 g/mol. The molecule has 4 rings (SSSR count). The van der Waals surface area contributed by atoms with E-state index < -0.39 is 0 Å². The van der Waals surface area contributed by atoms with E-state index in [1.807, 2.05) is 25.1 Å². The molecule has 6 nitrogen and oxygen atoms in total. The van der Waals surface area contributed by atoms with Crippen LogP contribution in [-0.2, 0) is 13.0 Å². The van der Waals surface area contributed by atoms with Crippen LogP contribution in [0.4, 0.5) is 0 Å². The van der Waals surface area contributed by atoms with Crippen molar-refractivity contribution in [1.82, 2.24) is 30.2 Å². The van der Waals surface area contributed by atoms with Crippen molar-refractivity contribution in [3.8, 4) is 22.5 Å². The first-order valence-corrected chi connectivity index (χ1v) is 10.2. The summed E-state index contributed by atoms with van der Waals surface area (Å²) in [5.74, 6) is 1.72. The summed E-state index contributed by atoms with van der Waals surface area (Å²) in [7, 11) is 0. The molecule has 0 aliphatic heterocycles. The Morgan fingerprint density at radius 1 is 1.03 bits per heavy atom. The molecule has 29 heavy (non-hydrogen) atoms. The Morgan fingerprint density at radius 3 is 2.48 bits per heavy atom. The molecule has 0 amide bonds. The summed E-state index contributed by atoms with van der Waals surface area (Å²) in [5.41, 5.74) is 5.41. The molecule has 0 spiro atoms. The third kappa shape index (κ3) is 4.07. The lowest BCUT2D eigenvalue weighted by Gasteiger charge is -2.12. The molecule has 0 fully saturated rings. The number of hydrogen-bond acceptors (Lipinski definition) is 4. The maximum atomic E-state index is 6.30. The number of aryl methyl sites for hydroxylation is 1. The number of nitrogens with zero attached hydrogens (tertiary/aromatic N) is 5. The number of H-pyrrole nitrogens is 1. The van der Waals surface area contributed by atoms with Crippen molar-refractivity contribution < 1.29 is 0 Å². The van der Waals surface area contributed by atoms with E-state index in [1.54, 1.807) is 0 Å². The average Bonchev–Trinajstić information content (AvgIpc) is 3.37. The second kappa shape index (κ2) is 8.57. The van der Waals surface area contributed by atoms with Gasteiger partial charge < -0.3 is 4.57 Å². The summed E-state index contributed by atoms with van der Waals surface area (Å²) in [4.78, 5) is 4.56. The zero-order valence-corrected chi connectivity index (χ0v) is 17.3. The van der Waals surface area contributed by atoms with Crippen molar-refractivity contribution >= 4 is 11.6 Å². The van der Waals surface area contributed by atoms with Crippen LogP contribution in [0.1, 0.15) is 36.8 Å². The molecule has 7 heteroatoms. The van der Waals surface area contributed by atoms with Crippen LogP contribution < -0.4 is 0 Å². The largest absolute Gasteiger partial charge is 0.326 e. The van der Waals surface area contributed by atoms with Gasteiger partial charge in [0.1, 0.15) is 11.0 Å². The molecule has 0 atom stereocenters. The Balaban J connectivity index is 1.61. The first-order valence-electron chi connectivity index (χ1n) is 9.81. The Labute approximate surface area is 175 Å². The van der Waals surface area contributed by atoms with E-state index in [0.717, 1.165) is 54.0 Å². The minimum Gasteiger partial charge on any atom is -0.326 e. The highest BCUT2D eigenvalue weighted by Crippen LogP contribution is 2.30. The number of rotatable bonds is 7. The van der Waals surface area contributed by atoms with Gasteiger partial charge in [-0.05, 0) is 40.5 Å². The van der Waals surface area contributed by atoms with Crippen LogP contribution in [0.15, 0.2) is 48.5 Å². The fourth-order valence-corrected chi connectivity index (χ4v) is 3.68. The maximum absolute atomic E-state index is 6.30. The summed E-state index contributed by atoms with van der Waals surface area (Å²) >= 11 is 6.30. The normalized spacial score (nSPS) is 11.1. The monoisotopic (exact) mass is 406 g/mol. The van der Waals surface area contributed by atoms with Crippen LogP contribution in [0, 0.1) is 6.92 Å². The van der Waals surface area contributed by atoms with Crippen LogP contribution in [0.5, 0.6) is 0 Å². The van der Waals surface area contributed by atoms with Crippen LogP contribution in [0.25, 0.3) is 22.5 Å². The van der Waals surface area contributed by atoms with E-state index in [2.05, 4.69) is 67.4 Å². The molecular formula is C22H23ClN6. The van der Waals surface area contributed by atoms with Crippen molar-refractivity contribution in [1.29, 1.82) is 0 Å². The highest BCUT2D eigenvalue weighted by molar-refractivity contribution is 6.30. The number of nitrogens with one attached hydrogen (secondary N) is 1. The standard InChI is InChI=1S/C22H23ClN6/c1-3-4-9-20-24-21(23)15(2)29(20)14-16-10-12-17(13-11-16)18-7-5-6-8-19(18)22-25-27-28-26-22/h5-8,10-13H,3-4,9,14H2,1-2H3,(H,25,26,27,28). The zero-order chi connectivity index (χ0) is 20.2. The van der Waals surface area contributed by atoms with Crippen molar-refractivity contribution in [3.05, 3.63) is 70.8 Å². The lowest BCUT2D eigenvalue weighted by molar-refractivity contribution is 0.667. The predicted molar refractivity (Wildman–Crippen MR) is 115 cm³/mol. The predicted octanol–water partition coefficient (Wildman–Crippen LogP) is 5.08. The first-order chi connectivity index (χ1) is 14.2. The Kier molecular flexibility index (Phi) is 5.71. The zero-order valence-electron chi connectivity index (χ0n) is 16.6. The second-order valence-corrected chi connectivity index (χ2v) is 7.44. The Bertz CT molecular complexity index is 1080. The molecule has 4 aromatic rings. The quantitative estimate of drug-likeness (QED) is 0.464. The van der Waals surface area contributed by atoms with Gasteiger partial charge in [-0.2, -0.15) is 0 Å². The summed E-state index contributed by atoms with van der Waals surface area (Å²) in [6.45, 7) is 4.98. The fraction of sp³-hybridized carbons (Fsp3) is 0.273. The van der Waals surface area contributed by atoms with E-state index in [1.165, 1.54) is 5.56 Å². The van der Waals surface area contributed by atoms with E-state index in [9.17, 15) is 0 Å². The Morgan fingerprint density at radius 2 is 1.79 bits per heavy atom. The number of benzene rings is 2. The van der Waals surface area contributed by atoms with Gasteiger partial charge in [-0.1, -0.05) is 73.5 Å². The highest BCUT2D eigenvalue weighted by atomic mass is 35.5. The van der Waals surface area contributed by atoms with Gasteiger partial charge >= 0.3 is 0 Å². The van der Waals surface area contributed by atoms with Crippen molar-refractivity contribution in [2.24, 2.45) is 0 Å². The molecule has 2 aromatic carbocycles. The van der Waals surface area contributed by atoms with Gasteiger partial charge in [0.2, 0.25) is 0 Å². The van der Waals surface area contributed by atoms with Crippen LogP contribution in [0.2, 0.25) is 5.15 Å². The van der Waals surface area contributed by atoms with Crippen molar-refractivity contribution in [3.63, 3.8) is 0 Å². The van der Waals surface area contributed by atoms with Gasteiger partial charge in [-0.3, -0.25) is 0 Å². The van der Waals surface area contributed by atoms with Crippen molar-refractivity contribution in [2.75, 3.05) is 0 Å². The topological polar surface area (TPSA) is 72.3 Å². The lowest BCUT2D eigenvalue weighted by atomic mass is 9.98. The number of hydrogen-bond donors (Lipinski definition) is 1. The number of imidazole rings is 1. The number of aromatic amines is 1. The molecule has 0 saturated carbocycles. The summed E-state index contributed by atoms with van der Waals surface area (Å²) in [6.07, 6.45) is 3.19. The molecule has 0 aliphatic carbocycles. The molecule has 0 radical (unpaired) electrons.